The lowest BCUT2D eigenvalue weighted by molar-refractivity contribution is 0.0941. The van der Waals surface area contributed by atoms with Gasteiger partial charge in [-0.1, -0.05) is 6.08 Å². The van der Waals surface area contributed by atoms with Crippen LogP contribution < -0.4 is 14.8 Å². The molecule has 0 aliphatic rings. The van der Waals surface area contributed by atoms with Gasteiger partial charge in [-0.25, -0.2) is 0 Å². The molecule has 0 saturated heterocycles. The standard InChI is InChI=1S/C14H19NO4/c1-4-5-10-8-11(14(17)15-6-7-16)13(19-3)12(9-10)18-2/h4,8-9,16H,1,5-7H2,2-3H3,(H,15,17). The third-order valence-corrected chi connectivity index (χ3v) is 2.56. The first-order valence-corrected chi connectivity index (χ1v) is 5.92. The van der Waals surface area contributed by atoms with Crippen LogP contribution in [0.4, 0.5) is 0 Å². The van der Waals surface area contributed by atoms with Gasteiger partial charge in [-0.2, -0.15) is 0 Å². The third-order valence-electron chi connectivity index (χ3n) is 2.56. The number of benzene rings is 1. The Morgan fingerprint density at radius 3 is 2.68 bits per heavy atom. The second-order valence-corrected chi connectivity index (χ2v) is 3.85. The molecule has 0 aliphatic carbocycles. The van der Waals surface area contributed by atoms with E-state index in [2.05, 4.69) is 11.9 Å². The van der Waals surface area contributed by atoms with Gasteiger partial charge in [0.1, 0.15) is 0 Å². The highest BCUT2D eigenvalue weighted by molar-refractivity contribution is 5.98. The highest BCUT2D eigenvalue weighted by Crippen LogP contribution is 2.32. The first-order chi connectivity index (χ1) is 9.17. The molecule has 5 heteroatoms. The Balaban J connectivity index is 3.20. The summed E-state index contributed by atoms with van der Waals surface area (Å²) < 4.78 is 10.5. The molecule has 0 unspecified atom stereocenters. The summed E-state index contributed by atoms with van der Waals surface area (Å²) in [6.45, 7) is 3.75. The van der Waals surface area contributed by atoms with E-state index in [1.165, 1.54) is 14.2 Å². The van der Waals surface area contributed by atoms with Gasteiger partial charge in [0.15, 0.2) is 11.5 Å². The number of nitrogens with one attached hydrogen (secondary N) is 1. The minimum absolute atomic E-state index is 0.114. The number of aliphatic hydroxyl groups is 1. The van der Waals surface area contributed by atoms with E-state index in [0.29, 0.717) is 23.5 Å². The summed E-state index contributed by atoms with van der Waals surface area (Å²) in [6.07, 6.45) is 2.37. The first-order valence-electron chi connectivity index (χ1n) is 5.92. The highest BCUT2D eigenvalue weighted by Gasteiger charge is 2.17. The normalized spacial score (nSPS) is 9.84. The monoisotopic (exact) mass is 265 g/mol. The maximum absolute atomic E-state index is 12.0. The van der Waals surface area contributed by atoms with Gasteiger partial charge in [-0.15, -0.1) is 6.58 Å². The number of methoxy groups -OCH3 is 2. The largest absolute Gasteiger partial charge is 0.493 e. The number of amides is 1. The highest BCUT2D eigenvalue weighted by atomic mass is 16.5. The maximum Gasteiger partial charge on any atom is 0.255 e. The zero-order chi connectivity index (χ0) is 14.3. The molecule has 1 amide bonds. The van der Waals surface area contributed by atoms with Crippen LogP contribution in [0.5, 0.6) is 11.5 Å². The molecule has 2 N–H and O–H groups in total. The zero-order valence-electron chi connectivity index (χ0n) is 11.2. The van der Waals surface area contributed by atoms with Gasteiger partial charge in [-0.3, -0.25) is 4.79 Å². The van der Waals surface area contributed by atoms with Gasteiger partial charge in [0.25, 0.3) is 5.91 Å². The van der Waals surface area contributed by atoms with E-state index in [4.69, 9.17) is 14.6 Å². The Bertz CT molecular complexity index is 457. The molecule has 104 valence electrons. The molecule has 0 spiro atoms. The molecule has 0 bridgehead atoms. The fourth-order valence-electron chi connectivity index (χ4n) is 1.74. The summed E-state index contributed by atoms with van der Waals surface area (Å²) in [4.78, 5) is 12.0. The van der Waals surface area contributed by atoms with Gasteiger partial charge in [0.05, 0.1) is 26.4 Å². The summed E-state index contributed by atoms with van der Waals surface area (Å²) in [5, 5.41) is 11.3. The molecule has 0 fully saturated rings. The summed E-state index contributed by atoms with van der Waals surface area (Å²) in [6, 6.07) is 3.54. The van der Waals surface area contributed by atoms with Crippen LogP contribution in [0.2, 0.25) is 0 Å². The predicted molar refractivity (Wildman–Crippen MR) is 72.9 cm³/mol. The molecule has 19 heavy (non-hydrogen) atoms. The smallest absolute Gasteiger partial charge is 0.255 e. The zero-order valence-corrected chi connectivity index (χ0v) is 11.2. The van der Waals surface area contributed by atoms with E-state index in [1.807, 2.05) is 6.07 Å². The predicted octanol–water partition coefficient (Wildman–Crippen LogP) is 1.15. The van der Waals surface area contributed by atoms with Gasteiger partial charge in [-0.05, 0) is 24.1 Å². The number of rotatable bonds is 7. The van der Waals surface area contributed by atoms with Gasteiger partial charge < -0.3 is 19.9 Å². The van der Waals surface area contributed by atoms with E-state index in [9.17, 15) is 4.79 Å². The molecule has 0 saturated carbocycles. The van der Waals surface area contributed by atoms with Crippen molar-refractivity contribution in [2.45, 2.75) is 6.42 Å². The van der Waals surface area contributed by atoms with Crippen molar-refractivity contribution in [3.63, 3.8) is 0 Å². The summed E-state index contributed by atoms with van der Waals surface area (Å²) in [5.74, 6) is 0.567. The maximum atomic E-state index is 12.0. The number of carbonyl (C=O) groups is 1. The lowest BCUT2D eigenvalue weighted by Gasteiger charge is -2.14. The summed E-state index contributed by atoms with van der Waals surface area (Å²) in [5.41, 5.74) is 1.29. The average molecular weight is 265 g/mol. The molecule has 0 heterocycles. The molecular formula is C14H19NO4. The SMILES string of the molecule is C=CCc1cc(OC)c(OC)c(C(=O)NCCO)c1. The average Bonchev–Trinajstić information content (AvgIpc) is 2.43. The second kappa shape index (κ2) is 7.43. The van der Waals surface area contributed by atoms with Crippen LogP contribution in [0, 0.1) is 0 Å². The van der Waals surface area contributed by atoms with E-state index in [1.54, 1.807) is 12.1 Å². The molecule has 0 atom stereocenters. The number of allylic oxidation sites excluding steroid dienone is 1. The second-order valence-electron chi connectivity index (χ2n) is 3.85. The van der Waals surface area contributed by atoms with Crippen LogP contribution in [0.1, 0.15) is 15.9 Å². The van der Waals surface area contributed by atoms with Crippen molar-refractivity contribution in [3.8, 4) is 11.5 Å². The fourth-order valence-corrected chi connectivity index (χ4v) is 1.74. The number of ether oxygens (including phenoxy) is 2. The van der Waals surface area contributed by atoms with Crippen LogP contribution in [-0.4, -0.2) is 38.4 Å². The molecule has 5 nitrogen and oxygen atoms in total. The Hall–Kier alpha value is -2.01. The summed E-state index contributed by atoms with van der Waals surface area (Å²) in [7, 11) is 3.00. The van der Waals surface area contributed by atoms with Crippen molar-refractivity contribution in [2.24, 2.45) is 0 Å². The number of aliphatic hydroxyl groups excluding tert-OH is 1. The lowest BCUT2D eigenvalue weighted by Crippen LogP contribution is -2.27. The fraction of sp³-hybridized carbons (Fsp3) is 0.357. The van der Waals surface area contributed by atoms with Crippen molar-refractivity contribution in [1.82, 2.24) is 5.32 Å². The van der Waals surface area contributed by atoms with Gasteiger partial charge >= 0.3 is 0 Å². The molecule has 1 aromatic rings. The van der Waals surface area contributed by atoms with E-state index in [0.717, 1.165) is 5.56 Å². The molecule has 0 radical (unpaired) electrons. The molecule has 1 aromatic carbocycles. The quantitative estimate of drug-likeness (QED) is 0.726. The topological polar surface area (TPSA) is 67.8 Å². The van der Waals surface area contributed by atoms with Gasteiger partial charge in [0, 0.05) is 6.54 Å². The first kappa shape index (κ1) is 15.0. The van der Waals surface area contributed by atoms with Crippen molar-refractivity contribution in [1.29, 1.82) is 0 Å². The number of carbonyl (C=O) groups excluding carboxylic acids is 1. The third kappa shape index (κ3) is 3.72. The van der Waals surface area contributed by atoms with Crippen LogP contribution in [-0.2, 0) is 6.42 Å². The van der Waals surface area contributed by atoms with E-state index >= 15 is 0 Å². The Morgan fingerprint density at radius 2 is 2.16 bits per heavy atom. The minimum atomic E-state index is -0.310. The number of hydrogen-bond acceptors (Lipinski definition) is 4. The Morgan fingerprint density at radius 1 is 1.42 bits per heavy atom. The van der Waals surface area contributed by atoms with Crippen LogP contribution in [0.3, 0.4) is 0 Å². The molecule has 1 rings (SSSR count). The Labute approximate surface area is 112 Å². The molecule has 0 aliphatic heterocycles. The van der Waals surface area contributed by atoms with Crippen molar-refractivity contribution in [3.05, 3.63) is 35.9 Å². The van der Waals surface area contributed by atoms with Gasteiger partial charge in [0.2, 0.25) is 0 Å². The number of hydrogen-bond donors (Lipinski definition) is 2. The van der Waals surface area contributed by atoms with Crippen LogP contribution >= 0.6 is 0 Å². The van der Waals surface area contributed by atoms with Crippen LogP contribution in [0.25, 0.3) is 0 Å². The molecular weight excluding hydrogens is 246 g/mol. The van der Waals surface area contributed by atoms with Crippen molar-refractivity contribution in [2.75, 3.05) is 27.4 Å². The van der Waals surface area contributed by atoms with E-state index < -0.39 is 0 Å². The van der Waals surface area contributed by atoms with Crippen molar-refractivity contribution < 1.29 is 19.4 Å². The van der Waals surface area contributed by atoms with Crippen molar-refractivity contribution >= 4 is 5.91 Å². The Kier molecular flexibility index (Phi) is 5.89. The van der Waals surface area contributed by atoms with Crippen LogP contribution in [0.15, 0.2) is 24.8 Å². The minimum Gasteiger partial charge on any atom is -0.493 e. The summed E-state index contributed by atoms with van der Waals surface area (Å²) >= 11 is 0. The lowest BCUT2D eigenvalue weighted by atomic mass is 10.1. The molecule has 0 aromatic heterocycles. The van der Waals surface area contributed by atoms with E-state index in [-0.39, 0.29) is 19.1 Å².